The lowest BCUT2D eigenvalue weighted by Crippen LogP contribution is -2.10. The molecular formula is C11H12FN2. The second kappa shape index (κ2) is 2.80. The van der Waals surface area contributed by atoms with Crippen LogP contribution in [0.2, 0.25) is 0 Å². The molecule has 0 spiro atoms. The van der Waals surface area contributed by atoms with Gasteiger partial charge in [0.1, 0.15) is 5.82 Å². The minimum Gasteiger partial charge on any atom is -0.339 e. The molecule has 1 heterocycles. The van der Waals surface area contributed by atoms with Gasteiger partial charge >= 0.3 is 0 Å². The summed E-state index contributed by atoms with van der Waals surface area (Å²) in [5.41, 5.74) is 0.951. The zero-order valence-corrected chi connectivity index (χ0v) is 8.26. The Balaban J connectivity index is 2.69. The highest BCUT2D eigenvalue weighted by Crippen LogP contribution is 2.25. The largest absolute Gasteiger partial charge is 0.339 e. The average Bonchev–Trinajstić information content (AvgIpc) is 2.48. The summed E-state index contributed by atoms with van der Waals surface area (Å²) < 4.78 is 13.6. The number of H-pyrrole nitrogens is 1. The maximum Gasteiger partial charge on any atom is 0.162 e. The van der Waals surface area contributed by atoms with Crippen molar-refractivity contribution in [3.8, 4) is 0 Å². The fourth-order valence-corrected chi connectivity index (χ4v) is 1.37. The zero-order chi connectivity index (χ0) is 10.3. The third-order valence-electron chi connectivity index (χ3n) is 2.16. The molecule has 0 aliphatic heterocycles. The fraction of sp³-hybridized carbons (Fsp3) is 0.273. The van der Waals surface area contributed by atoms with Gasteiger partial charge in [0, 0.05) is 0 Å². The number of aromatic amines is 1. The van der Waals surface area contributed by atoms with Gasteiger partial charge in [-0.3, -0.25) is 0 Å². The van der Waals surface area contributed by atoms with Crippen molar-refractivity contribution in [3.63, 3.8) is 0 Å². The number of halogens is 1. The van der Waals surface area contributed by atoms with E-state index >= 15 is 0 Å². The van der Waals surface area contributed by atoms with E-state index in [9.17, 15) is 4.39 Å². The van der Waals surface area contributed by atoms with E-state index in [1.54, 1.807) is 0 Å². The van der Waals surface area contributed by atoms with E-state index in [4.69, 9.17) is 0 Å². The summed E-state index contributed by atoms with van der Waals surface area (Å²) in [6.07, 6.45) is 0. The molecule has 3 heteroatoms. The Hall–Kier alpha value is -1.38. The molecule has 0 aliphatic rings. The number of hydrogen-bond acceptors (Lipinski definition) is 1. The minimum atomic E-state index is -1.44. The quantitative estimate of drug-likeness (QED) is 0.737. The van der Waals surface area contributed by atoms with Crippen molar-refractivity contribution in [2.45, 2.75) is 19.5 Å². The molecule has 2 nitrogen and oxygen atoms in total. The number of nitrogens with one attached hydrogen (secondary N) is 1. The lowest BCUT2D eigenvalue weighted by atomic mass is 10.2. The van der Waals surface area contributed by atoms with Crippen LogP contribution in [0.25, 0.3) is 11.0 Å². The average molecular weight is 191 g/mol. The maximum absolute atomic E-state index is 13.6. The number of para-hydroxylation sites is 1. The van der Waals surface area contributed by atoms with Crippen LogP contribution < -0.4 is 0 Å². The first-order chi connectivity index (χ1) is 6.48. The Morgan fingerprint density at radius 2 is 2.14 bits per heavy atom. The van der Waals surface area contributed by atoms with E-state index in [0.29, 0.717) is 5.82 Å². The summed E-state index contributed by atoms with van der Waals surface area (Å²) in [4.78, 5) is 7.14. The third kappa shape index (κ3) is 1.39. The molecule has 0 fully saturated rings. The first-order valence-corrected chi connectivity index (χ1v) is 4.48. The highest BCUT2D eigenvalue weighted by atomic mass is 19.1. The molecule has 1 N–H and O–H groups in total. The SMILES string of the molecule is [CH2]c1cccc2[nH]c(C(C)(C)F)nc12. The number of fused-ring (bicyclic) bond motifs is 1. The summed E-state index contributed by atoms with van der Waals surface area (Å²) in [5, 5.41) is 0. The number of hydrogen-bond donors (Lipinski definition) is 1. The zero-order valence-electron chi connectivity index (χ0n) is 8.26. The predicted molar refractivity (Wildman–Crippen MR) is 54.7 cm³/mol. The number of nitrogens with zero attached hydrogens (tertiary/aromatic N) is 1. The smallest absolute Gasteiger partial charge is 0.162 e. The molecular weight excluding hydrogens is 179 g/mol. The van der Waals surface area contributed by atoms with Gasteiger partial charge in [0.2, 0.25) is 0 Å². The van der Waals surface area contributed by atoms with E-state index in [0.717, 1.165) is 16.6 Å². The standard InChI is InChI=1S/C11H12FN2/c1-7-5-4-6-8-9(7)14-10(13-8)11(2,3)12/h4-6H,1H2,2-3H3,(H,13,14). The molecule has 0 aliphatic carbocycles. The Morgan fingerprint density at radius 1 is 1.43 bits per heavy atom. The van der Waals surface area contributed by atoms with Crippen LogP contribution >= 0.6 is 0 Å². The molecule has 1 aromatic heterocycles. The summed E-state index contributed by atoms with van der Waals surface area (Å²) in [6.45, 7) is 6.80. The molecule has 0 unspecified atom stereocenters. The Kier molecular flexibility index (Phi) is 1.84. The van der Waals surface area contributed by atoms with E-state index in [1.807, 2.05) is 18.2 Å². The molecule has 2 rings (SSSR count). The molecule has 2 aromatic rings. The lowest BCUT2D eigenvalue weighted by Gasteiger charge is -2.08. The monoisotopic (exact) mass is 191 g/mol. The van der Waals surface area contributed by atoms with E-state index < -0.39 is 5.67 Å². The van der Waals surface area contributed by atoms with Gasteiger partial charge < -0.3 is 4.98 Å². The molecule has 0 bridgehead atoms. The van der Waals surface area contributed by atoms with Gasteiger partial charge in [-0.1, -0.05) is 12.1 Å². The van der Waals surface area contributed by atoms with Crippen LogP contribution in [0.4, 0.5) is 4.39 Å². The van der Waals surface area contributed by atoms with Gasteiger partial charge in [-0.15, -0.1) is 0 Å². The first-order valence-electron chi connectivity index (χ1n) is 4.48. The Labute approximate surface area is 82.2 Å². The molecule has 0 atom stereocenters. The molecule has 73 valence electrons. The maximum atomic E-state index is 13.6. The predicted octanol–water partition coefficient (Wildman–Crippen LogP) is 2.95. The van der Waals surface area contributed by atoms with E-state index in [2.05, 4.69) is 16.9 Å². The second-order valence-electron chi connectivity index (χ2n) is 3.87. The van der Waals surface area contributed by atoms with Crippen LogP contribution in [0, 0.1) is 6.92 Å². The van der Waals surface area contributed by atoms with Crippen molar-refractivity contribution < 1.29 is 4.39 Å². The molecule has 1 aromatic carbocycles. The highest BCUT2D eigenvalue weighted by molar-refractivity contribution is 5.79. The summed E-state index contributed by atoms with van der Waals surface area (Å²) in [5.74, 6) is 0.351. The van der Waals surface area contributed by atoms with Crippen LogP contribution in [0.5, 0.6) is 0 Å². The summed E-state index contributed by atoms with van der Waals surface area (Å²) >= 11 is 0. The van der Waals surface area contributed by atoms with Crippen molar-refractivity contribution in [1.82, 2.24) is 9.97 Å². The van der Waals surface area contributed by atoms with Gasteiger partial charge in [-0.05, 0) is 32.4 Å². The van der Waals surface area contributed by atoms with Gasteiger partial charge in [-0.25, -0.2) is 9.37 Å². The van der Waals surface area contributed by atoms with E-state index in [-0.39, 0.29) is 0 Å². The molecule has 0 saturated carbocycles. The van der Waals surface area contributed by atoms with Crippen LogP contribution in [-0.4, -0.2) is 9.97 Å². The number of alkyl halides is 1. The minimum absolute atomic E-state index is 0.351. The van der Waals surface area contributed by atoms with Crippen molar-refractivity contribution in [2.24, 2.45) is 0 Å². The number of rotatable bonds is 1. The number of benzene rings is 1. The topological polar surface area (TPSA) is 28.7 Å². The Bertz CT molecular complexity index is 466. The molecule has 1 radical (unpaired) electrons. The molecule has 14 heavy (non-hydrogen) atoms. The van der Waals surface area contributed by atoms with Crippen LogP contribution in [-0.2, 0) is 5.67 Å². The van der Waals surface area contributed by atoms with Gasteiger partial charge in [0.15, 0.2) is 5.67 Å². The first kappa shape index (κ1) is 9.19. The van der Waals surface area contributed by atoms with Crippen molar-refractivity contribution in [2.75, 3.05) is 0 Å². The molecule has 0 saturated heterocycles. The van der Waals surface area contributed by atoms with Gasteiger partial charge in [0.25, 0.3) is 0 Å². The van der Waals surface area contributed by atoms with Crippen LogP contribution in [0.15, 0.2) is 18.2 Å². The van der Waals surface area contributed by atoms with Crippen molar-refractivity contribution >= 4 is 11.0 Å². The normalized spacial score (nSPS) is 12.3. The molecule has 0 amide bonds. The van der Waals surface area contributed by atoms with E-state index in [1.165, 1.54) is 13.8 Å². The number of aromatic nitrogens is 2. The lowest BCUT2D eigenvalue weighted by molar-refractivity contribution is 0.208. The fourth-order valence-electron chi connectivity index (χ4n) is 1.37. The van der Waals surface area contributed by atoms with Crippen molar-refractivity contribution in [1.29, 1.82) is 0 Å². The Morgan fingerprint density at radius 3 is 2.71 bits per heavy atom. The van der Waals surface area contributed by atoms with Gasteiger partial charge in [-0.2, -0.15) is 0 Å². The number of imidazole rings is 1. The summed E-state index contributed by atoms with van der Waals surface area (Å²) in [6, 6.07) is 5.60. The summed E-state index contributed by atoms with van der Waals surface area (Å²) in [7, 11) is 0. The second-order valence-corrected chi connectivity index (χ2v) is 3.87. The van der Waals surface area contributed by atoms with Crippen molar-refractivity contribution in [3.05, 3.63) is 36.5 Å². The van der Waals surface area contributed by atoms with Crippen LogP contribution in [0.1, 0.15) is 25.2 Å². The third-order valence-corrected chi connectivity index (χ3v) is 2.16. The van der Waals surface area contributed by atoms with Crippen LogP contribution in [0.3, 0.4) is 0 Å². The highest BCUT2D eigenvalue weighted by Gasteiger charge is 2.23. The van der Waals surface area contributed by atoms with Gasteiger partial charge in [0.05, 0.1) is 11.0 Å².